The standard InChI is InChI=1S/C12H13BrO2/c1-3-9-15-12(14-2)11(13)10-7-5-4-6-8-10/h1,4-8,11-12H,9H2,2H3/t11-,12+/m0/s1. The van der Waals surface area contributed by atoms with Crippen molar-refractivity contribution in [3.63, 3.8) is 0 Å². The van der Waals surface area contributed by atoms with Crippen molar-refractivity contribution in [2.45, 2.75) is 11.1 Å². The minimum Gasteiger partial charge on any atom is -0.354 e. The van der Waals surface area contributed by atoms with Crippen LogP contribution in [-0.4, -0.2) is 20.0 Å². The van der Waals surface area contributed by atoms with Gasteiger partial charge in [-0.25, -0.2) is 0 Å². The van der Waals surface area contributed by atoms with Gasteiger partial charge < -0.3 is 9.47 Å². The van der Waals surface area contributed by atoms with E-state index in [4.69, 9.17) is 15.9 Å². The number of alkyl halides is 1. The molecular formula is C12H13BrO2. The first-order valence-corrected chi connectivity index (χ1v) is 5.48. The first-order chi connectivity index (χ1) is 7.29. The van der Waals surface area contributed by atoms with Gasteiger partial charge in [-0.05, 0) is 5.56 Å². The third-order valence-corrected chi connectivity index (χ3v) is 2.88. The van der Waals surface area contributed by atoms with Crippen molar-refractivity contribution < 1.29 is 9.47 Å². The highest BCUT2D eigenvalue weighted by molar-refractivity contribution is 9.09. The topological polar surface area (TPSA) is 18.5 Å². The SMILES string of the molecule is C#CCO[C@@H](OC)[C@@H](Br)c1ccccc1. The maximum Gasteiger partial charge on any atom is 0.174 e. The lowest BCUT2D eigenvalue weighted by Gasteiger charge is -2.20. The summed E-state index contributed by atoms with van der Waals surface area (Å²) in [5.41, 5.74) is 1.10. The number of hydrogen-bond donors (Lipinski definition) is 0. The fourth-order valence-corrected chi connectivity index (χ4v) is 1.87. The van der Waals surface area contributed by atoms with E-state index in [2.05, 4.69) is 21.9 Å². The molecule has 0 N–H and O–H groups in total. The average Bonchev–Trinajstić information content (AvgIpc) is 2.31. The summed E-state index contributed by atoms with van der Waals surface area (Å²) in [7, 11) is 1.60. The average molecular weight is 269 g/mol. The van der Waals surface area contributed by atoms with Crippen LogP contribution in [0.15, 0.2) is 30.3 Å². The molecule has 1 rings (SSSR count). The quantitative estimate of drug-likeness (QED) is 0.465. The van der Waals surface area contributed by atoms with Crippen molar-refractivity contribution in [3.05, 3.63) is 35.9 Å². The fourth-order valence-electron chi connectivity index (χ4n) is 1.20. The summed E-state index contributed by atoms with van der Waals surface area (Å²) in [5.74, 6) is 2.42. The van der Waals surface area contributed by atoms with Gasteiger partial charge in [-0.1, -0.05) is 52.2 Å². The van der Waals surface area contributed by atoms with Crippen LogP contribution < -0.4 is 0 Å². The molecule has 0 fully saturated rings. The number of rotatable bonds is 5. The number of ether oxygens (including phenoxy) is 2. The van der Waals surface area contributed by atoms with E-state index >= 15 is 0 Å². The first kappa shape index (κ1) is 12.3. The van der Waals surface area contributed by atoms with E-state index in [1.54, 1.807) is 7.11 Å². The monoisotopic (exact) mass is 268 g/mol. The van der Waals surface area contributed by atoms with Crippen LogP contribution in [0.3, 0.4) is 0 Å². The van der Waals surface area contributed by atoms with Crippen molar-refractivity contribution in [1.82, 2.24) is 0 Å². The molecule has 0 heterocycles. The Balaban J connectivity index is 2.65. The first-order valence-electron chi connectivity index (χ1n) is 4.56. The molecule has 2 nitrogen and oxygen atoms in total. The highest BCUT2D eigenvalue weighted by Gasteiger charge is 2.20. The highest BCUT2D eigenvalue weighted by atomic mass is 79.9. The van der Waals surface area contributed by atoms with Crippen molar-refractivity contribution in [2.75, 3.05) is 13.7 Å². The molecule has 0 aromatic heterocycles. The molecule has 2 atom stereocenters. The molecule has 0 bridgehead atoms. The van der Waals surface area contributed by atoms with Gasteiger partial charge in [-0.3, -0.25) is 0 Å². The van der Waals surface area contributed by atoms with Gasteiger partial charge in [-0.2, -0.15) is 0 Å². The number of benzene rings is 1. The van der Waals surface area contributed by atoms with E-state index in [9.17, 15) is 0 Å². The summed E-state index contributed by atoms with van der Waals surface area (Å²) >= 11 is 3.52. The summed E-state index contributed by atoms with van der Waals surface area (Å²) < 4.78 is 10.6. The highest BCUT2D eigenvalue weighted by Crippen LogP contribution is 2.28. The Morgan fingerprint density at radius 3 is 2.60 bits per heavy atom. The van der Waals surface area contributed by atoms with E-state index in [1.165, 1.54) is 0 Å². The second-order valence-electron chi connectivity index (χ2n) is 2.93. The second-order valence-corrected chi connectivity index (χ2v) is 3.92. The van der Waals surface area contributed by atoms with Crippen molar-refractivity contribution in [1.29, 1.82) is 0 Å². The lowest BCUT2D eigenvalue weighted by molar-refractivity contribution is -0.112. The molecule has 1 aromatic carbocycles. The summed E-state index contributed by atoms with van der Waals surface area (Å²) in [6.07, 6.45) is 4.75. The summed E-state index contributed by atoms with van der Waals surface area (Å²) in [6.45, 7) is 0.243. The van der Waals surface area contributed by atoms with Gasteiger partial charge in [0.1, 0.15) is 6.61 Å². The molecule has 3 heteroatoms. The third-order valence-electron chi connectivity index (χ3n) is 1.92. The fraction of sp³-hybridized carbons (Fsp3) is 0.333. The Bertz CT molecular complexity index is 318. The van der Waals surface area contributed by atoms with Crippen molar-refractivity contribution in [2.24, 2.45) is 0 Å². The molecule has 80 valence electrons. The molecule has 0 aliphatic heterocycles. The van der Waals surface area contributed by atoms with E-state index < -0.39 is 0 Å². The molecule has 0 aliphatic carbocycles. The van der Waals surface area contributed by atoms with Crippen LogP contribution in [0.5, 0.6) is 0 Å². The van der Waals surface area contributed by atoms with Crippen LogP contribution in [0.1, 0.15) is 10.4 Å². The lowest BCUT2D eigenvalue weighted by Crippen LogP contribution is -2.20. The largest absolute Gasteiger partial charge is 0.354 e. The number of hydrogen-bond acceptors (Lipinski definition) is 2. The summed E-state index contributed by atoms with van der Waals surface area (Å²) in [5, 5.41) is 0. The molecule has 0 amide bonds. The third kappa shape index (κ3) is 3.67. The maximum absolute atomic E-state index is 5.35. The van der Waals surface area contributed by atoms with Gasteiger partial charge in [0.05, 0.1) is 4.83 Å². The van der Waals surface area contributed by atoms with Crippen molar-refractivity contribution in [3.8, 4) is 12.3 Å². The van der Waals surface area contributed by atoms with Crippen LogP contribution in [-0.2, 0) is 9.47 Å². The van der Waals surface area contributed by atoms with E-state index in [0.29, 0.717) is 0 Å². The van der Waals surface area contributed by atoms with Crippen LogP contribution in [0.4, 0.5) is 0 Å². The normalized spacial score (nSPS) is 14.2. The molecule has 15 heavy (non-hydrogen) atoms. The van der Waals surface area contributed by atoms with Gasteiger partial charge in [0.2, 0.25) is 0 Å². The van der Waals surface area contributed by atoms with E-state index in [1.807, 2.05) is 30.3 Å². The molecular weight excluding hydrogens is 256 g/mol. The maximum atomic E-state index is 5.35. The van der Waals surface area contributed by atoms with E-state index in [-0.39, 0.29) is 17.7 Å². The minimum absolute atomic E-state index is 0.0166. The Morgan fingerprint density at radius 2 is 2.07 bits per heavy atom. The van der Waals surface area contributed by atoms with Gasteiger partial charge >= 0.3 is 0 Å². The Kier molecular flexibility index (Phi) is 5.41. The zero-order valence-corrected chi connectivity index (χ0v) is 10.1. The van der Waals surface area contributed by atoms with Crippen molar-refractivity contribution >= 4 is 15.9 Å². The van der Waals surface area contributed by atoms with Crippen LogP contribution in [0.2, 0.25) is 0 Å². The predicted octanol–water partition coefficient (Wildman–Crippen LogP) is 2.74. The van der Waals surface area contributed by atoms with Gasteiger partial charge in [0.15, 0.2) is 6.29 Å². The van der Waals surface area contributed by atoms with Crippen LogP contribution in [0.25, 0.3) is 0 Å². The van der Waals surface area contributed by atoms with Gasteiger partial charge in [-0.15, -0.1) is 6.42 Å². The van der Waals surface area contributed by atoms with E-state index in [0.717, 1.165) is 5.56 Å². The minimum atomic E-state index is -0.372. The number of methoxy groups -OCH3 is 1. The molecule has 1 aromatic rings. The molecule has 0 aliphatic rings. The summed E-state index contributed by atoms with van der Waals surface area (Å²) in [6, 6.07) is 9.91. The van der Waals surface area contributed by atoms with Gasteiger partial charge in [0, 0.05) is 7.11 Å². The smallest absolute Gasteiger partial charge is 0.174 e. The van der Waals surface area contributed by atoms with Gasteiger partial charge in [0.25, 0.3) is 0 Å². The zero-order valence-electron chi connectivity index (χ0n) is 8.52. The Hall–Kier alpha value is -0.820. The molecule has 0 saturated carbocycles. The molecule has 0 saturated heterocycles. The summed E-state index contributed by atoms with van der Waals surface area (Å²) in [4.78, 5) is -0.0166. The Labute approximate surface area is 98.7 Å². The van der Waals surface area contributed by atoms with Crippen LogP contribution in [0, 0.1) is 12.3 Å². The predicted molar refractivity (Wildman–Crippen MR) is 63.7 cm³/mol. The zero-order chi connectivity index (χ0) is 11.1. The second kappa shape index (κ2) is 6.62. The molecule has 0 unspecified atom stereocenters. The molecule has 0 spiro atoms. The number of terminal acetylenes is 1. The Morgan fingerprint density at radius 1 is 1.40 bits per heavy atom. The molecule has 0 radical (unpaired) electrons. The lowest BCUT2D eigenvalue weighted by atomic mass is 10.1. The number of halogens is 1. The van der Waals surface area contributed by atoms with Crippen LogP contribution >= 0.6 is 15.9 Å².